The lowest BCUT2D eigenvalue weighted by Crippen LogP contribution is -2.44. The van der Waals surface area contributed by atoms with Crippen LogP contribution in [0.3, 0.4) is 0 Å². The zero-order chi connectivity index (χ0) is 16.8. The minimum absolute atomic E-state index is 0.00933. The quantitative estimate of drug-likeness (QED) is 0.809. The largest absolute Gasteiger partial charge is 0.383 e. The molecule has 0 spiro atoms. The van der Waals surface area contributed by atoms with Crippen LogP contribution in [0, 0.1) is 0 Å². The Hall–Kier alpha value is -1.69. The topological polar surface area (TPSA) is 48.3 Å². The molecule has 0 amide bonds. The summed E-state index contributed by atoms with van der Waals surface area (Å²) >= 11 is 0. The Morgan fingerprint density at radius 3 is 2.96 bits per heavy atom. The molecule has 0 aliphatic carbocycles. The third-order valence-corrected chi connectivity index (χ3v) is 4.58. The molecule has 0 saturated carbocycles. The summed E-state index contributed by atoms with van der Waals surface area (Å²) in [7, 11) is 1.76. The van der Waals surface area contributed by atoms with Gasteiger partial charge in [0, 0.05) is 44.7 Å². The van der Waals surface area contributed by atoms with Gasteiger partial charge in [0.05, 0.1) is 6.61 Å². The first kappa shape index (κ1) is 17.1. The predicted molar refractivity (Wildman–Crippen MR) is 93.9 cm³/mol. The van der Waals surface area contributed by atoms with Gasteiger partial charge in [-0.1, -0.05) is 30.3 Å². The first-order chi connectivity index (χ1) is 11.8. The fraction of sp³-hybridized carbons (Fsp3) is 0.526. The number of rotatable bonds is 8. The van der Waals surface area contributed by atoms with Crippen molar-refractivity contribution in [3.8, 4) is 0 Å². The van der Waals surface area contributed by atoms with Gasteiger partial charge < -0.3 is 19.4 Å². The number of benzene rings is 1. The normalized spacial score (nSPS) is 21.9. The van der Waals surface area contributed by atoms with Gasteiger partial charge in [-0.05, 0) is 25.3 Å². The SMILES string of the molecule is CCn1ccnc1[C@H]1OCC[C@@H]1N[C@H](COC)Cc1ccccc1. The lowest BCUT2D eigenvalue weighted by molar-refractivity contribution is 0.0810. The number of methoxy groups -OCH3 is 1. The van der Waals surface area contributed by atoms with Crippen molar-refractivity contribution in [2.45, 2.75) is 44.5 Å². The number of hydrogen-bond donors (Lipinski definition) is 1. The molecule has 1 aromatic heterocycles. The molecule has 3 atom stereocenters. The van der Waals surface area contributed by atoms with Gasteiger partial charge in [0.25, 0.3) is 0 Å². The van der Waals surface area contributed by atoms with Crippen LogP contribution in [0.15, 0.2) is 42.7 Å². The van der Waals surface area contributed by atoms with E-state index in [-0.39, 0.29) is 18.2 Å². The van der Waals surface area contributed by atoms with Crippen molar-refractivity contribution >= 4 is 0 Å². The van der Waals surface area contributed by atoms with Crippen molar-refractivity contribution in [1.29, 1.82) is 0 Å². The molecule has 3 rings (SSSR count). The molecule has 130 valence electrons. The van der Waals surface area contributed by atoms with Crippen LogP contribution in [-0.2, 0) is 22.4 Å². The van der Waals surface area contributed by atoms with Gasteiger partial charge in [-0.15, -0.1) is 0 Å². The average molecular weight is 329 g/mol. The summed E-state index contributed by atoms with van der Waals surface area (Å²) in [6.07, 6.45) is 5.82. The average Bonchev–Trinajstić information content (AvgIpc) is 3.24. The van der Waals surface area contributed by atoms with E-state index in [1.165, 1.54) is 5.56 Å². The van der Waals surface area contributed by atoms with E-state index in [2.05, 4.69) is 46.1 Å². The Morgan fingerprint density at radius 2 is 2.21 bits per heavy atom. The Balaban J connectivity index is 1.69. The molecule has 0 unspecified atom stereocenters. The maximum atomic E-state index is 6.00. The molecular formula is C19H27N3O2. The Morgan fingerprint density at radius 1 is 1.38 bits per heavy atom. The van der Waals surface area contributed by atoms with Crippen molar-refractivity contribution in [1.82, 2.24) is 14.9 Å². The summed E-state index contributed by atoms with van der Waals surface area (Å²) in [6.45, 7) is 4.49. The highest BCUT2D eigenvalue weighted by molar-refractivity contribution is 5.16. The van der Waals surface area contributed by atoms with E-state index < -0.39 is 0 Å². The molecule has 0 bridgehead atoms. The standard InChI is InChI=1S/C19H27N3O2/c1-3-22-11-10-20-19(22)18-17(9-12-24-18)21-16(14-23-2)13-15-7-5-4-6-8-15/h4-8,10-11,16-18,21H,3,9,12-14H2,1-2H3/t16-,17-,18-/m0/s1. The molecule has 1 aromatic carbocycles. The first-order valence-electron chi connectivity index (χ1n) is 8.73. The van der Waals surface area contributed by atoms with E-state index in [9.17, 15) is 0 Å². The number of hydrogen-bond acceptors (Lipinski definition) is 4. The minimum Gasteiger partial charge on any atom is -0.383 e. The van der Waals surface area contributed by atoms with Crippen molar-refractivity contribution in [3.05, 3.63) is 54.1 Å². The molecule has 0 radical (unpaired) electrons. The monoisotopic (exact) mass is 329 g/mol. The molecule has 24 heavy (non-hydrogen) atoms. The van der Waals surface area contributed by atoms with E-state index >= 15 is 0 Å². The molecule has 5 nitrogen and oxygen atoms in total. The van der Waals surface area contributed by atoms with E-state index in [0.717, 1.165) is 31.8 Å². The Bertz CT molecular complexity index is 614. The van der Waals surface area contributed by atoms with Crippen molar-refractivity contribution in [2.75, 3.05) is 20.3 Å². The molecule has 1 aliphatic rings. The third-order valence-electron chi connectivity index (χ3n) is 4.58. The van der Waals surface area contributed by atoms with Gasteiger partial charge in [0.15, 0.2) is 0 Å². The summed E-state index contributed by atoms with van der Waals surface area (Å²) in [4.78, 5) is 4.52. The summed E-state index contributed by atoms with van der Waals surface area (Å²) in [6, 6.07) is 11.1. The van der Waals surface area contributed by atoms with E-state index in [0.29, 0.717) is 6.61 Å². The minimum atomic E-state index is 0.00933. The predicted octanol–water partition coefficient (Wildman–Crippen LogP) is 2.58. The first-order valence-corrected chi connectivity index (χ1v) is 8.73. The maximum Gasteiger partial charge on any atom is 0.139 e. The van der Waals surface area contributed by atoms with Crippen LogP contribution in [0.5, 0.6) is 0 Å². The fourth-order valence-electron chi connectivity index (χ4n) is 3.43. The molecule has 1 aliphatic heterocycles. The molecule has 1 N–H and O–H groups in total. The maximum absolute atomic E-state index is 6.00. The molecule has 1 saturated heterocycles. The molecule has 1 fully saturated rings. The summed E-state index contributed by atoms with van der Waals surface area (Å²) in [5.41, 5.74) is 1.32. The van der Waals surface area contributed by atoms with Crippen LogP contribution in [0.1, 0.15) is 30.8 Å². The van der Waals surface area contributed by atoms with Gasteiger partial charge in [-0.25, -0.2) is 4.98 Å². The van der Waals surface area contributed by atoms with Crippen LogP contribution in [0.4, 0.5) is 0 Å². The Kier molecular flexibility index (Phi) is 6.01. The van der Waals surface area contributed by atoms with Crippen molar-refractivity contribution in [2.24, 2.45) is 0 Å². The van der Waals surface area contributed by atoms with Gasteiger partial charge in [0.2, 0.25) is 0 Å². The van der Waals surface area contributed by atoms with Crippen LogP contribution in [0.2, 0.25) is 0 Å². The van der Waals surface area contributed by atoms with Crippen molar-refractivity contribution < 1.29 is 9.47 Å². The molecule has 2 heterocycles. The smallest absolute Gasteiger partial charge is 0.139 e. The third kappa shape index (κ3) is 4.04. The number of imidazole rings is 1. The van der Waals surface area contributed by atoms with Crippen LogP contribution in [-0.4, -0.2) is 42.0 Å². The highest BCUT2D eigenvalue weighted by atomic mass is 16.5. The summed E-state index contributed by atoms with van der Waals surface area (Å²) < 4.78 is 13.6. The highest BCUT2D eigenvalue weighted by Gasteiger charge is 2.34. The summed E-state index contributed by atoms with van der Waals surface area (Å²) in [5.74, 6) is 1.02. The van der Waals surface area contributed by atoms with Crippen molar-refractivity contribution in [3.63, 3.8) is 0 Å². The van der Waals surface area contributed by atoms with Crippen LogP contribution >= 0.6 is 0 Å². The lowest BCUT2D eigenvalue weighted by atomic mass is 10.0. The number of nitrogens with one attached hydrogen (secondary N) is 1. The van der Waals surface area contributed by atoms with E-state index in [1.54, 1.807) is 7.11 Å². The number of aromatic nitrogens is 2. The molecule has 2 aromatic rings. The lowest BCUT2D eigenvalue weighted by Gasteiger charge is -2.26. The number of nitrogens with zero attached hydrogens (tertiary/aromatic N) is 2. The van der Waals surface area contributed by atoms with Gasteiger partial charge in [0.1, 0.15) is 11.9 Å². The Labute approximate surface area is 144 Å². The molecular weight excluding hydrogens is 302 g/mol. The second-order valence-corrected chi connectivity index (χ2v) is 6.27. The highest BCUT2D eigenvalue weighted by Crippen LogP contribution is 2.28. The van der Waals surface area contributed by atoms with E-state index in [4.69, 9.17) is 9.47 Å². The van der Waals surface area contributed by atoms with E-state index in [1.807, 2.05) is 18.5 Å². The fourth-order valence-corrected chi connectivity index (χ4v) is 3.43. The molecule has 5 heteroatoms. The number of aryl methyl sites for hydroxylation is 1. The zero-order valence-electron chi connectivity index (χ0n) is 14.5. The van der Waals surface area contributed by atoms with Gasteiger partial charge in [-0.3, -0.25) is 0 Å². The second kappa shape index (κ2) is 8.42. The van der Waals surface area contributed by atoms with Gasteiger partial charge in [-0.2, -0.15) is 0 Å². The second-order valence-electron chi connectivity index (χ2n) is 6.27. The zero-order valence-corrected chi connectivity index (χ0v) is 14.5. The van der Waals surface area contributed by atoms with Gasteiger partial charge >= 0.3 is 0 Å². The number of ether oxygens (including phenoxy) is 2. The van der Waals surface area contributed by atoms with Crippen LogP contribution in [0.25, 0.3) is 0 Å². The summed E-state index contributed by atoms with van der Waals surface area (Å²) in [5, 5.41) is 3.75. The van der Waals surface area contributed by atoms with Crippen LogP contribution < -0.4 is 5.32 Å².